The lowest BCUT2D eigenvalue weighted by Crippen LogP contribution is -2.49. The van der Waals surface area contributed by atoms with Gasteiger partial charge in [-0.1, -0.05) is 50.1 Å². The van der Waals surface area contributed by atoms with Gasteiger partial charge in [0.05, 0.1) is 6.04 Å². The third-order valence-electron chi connectivity index (χ3n) is 3.69. The van der Waals surface area contributed by atoms with E-state index >= 15 is 0 Å². The van der Waals surface area contributed by atoms with Crippen molar-refractivity contribution in [3.63, 3.8) is 0 Å². The average Bonchev–Trinajstić information content (AvgIpc) is 2.44. The maximum Gasteiger partial charge on any atom is 0.326 e. The van der Waals surface area contributed by atoms with Crippen LogP contribution in [0.1, 0.15) is 44.4 Å². The van der Waals surface area contributed by atoms with Crippen LogP contribution in [0.15, 0.2) is 24.3 Å². The molecule has 0 aliphatic heterocycles. The summed E-state index contributed by atoms with van der Waals surface area (Å²) in [4.78, 5) is 23.1. The highest BCUT2D eigenvalue weighted by atomic mass is 16.4. The second kappa shape index (κ2) is 7.67. The van der Waals surface area contributed by atoms with E-state index in [1.54, 1.807) is 0 Å². The highest BCUT2D eigenvalue weighted by Gasteiger charge is 2.25. The second-order valence-electron chi connectivity index (χ2n) is 5.45. The van der Waals surface area contributed by atoms with Crippen LogP contribution < -0.4 is 10.6 Å². The Morgan fingerprint density at radius 1 is 1.14 bits per heavy atom. The molecular formula is C16H24N2O3. The molecule has 116 valence electrons. The van der Waals surface area contributed by atoms with E-state index in [1.165, 1.54) is 0 Å². The van der Waals surface area contributed by atoms with Crippen LogP contribution in [0.4, 0.5) is 4.79 Å². The first-order valence-electron chi connectivity index (χ1n) is 7.21. The molecule has 3 N–H and O–H groups in total. The molecule has 1 aromatic rings. The second-order valence-corrected chi connectivity index (χ2v) is 5.45. The van der Waals surface area contributed by atoms with Crippen molar-refractivity contribution >= 4 is 12.0 Å². The lowest BCUT2D eigenvalue weighted by molar-refractivity contribution is -0.140. The van der Waals surface area contributed by atoms with E-state index in [1.807, 2.05) is 52.0 Å². The maximum atomic E-state index is 11.9. The van der Waals surface area contributed by atoms with Gasteiger partial charge in [0.15, 0.2) is 0 Å². The van der Waals surface area contributed by atoms with Crippen LogP contribution in [0.25, 0.3) is 0 Å². The largest absolute Gasteiger partial charge is 0.480 e. The van der Waals surface area contributed by atoms with Crippen LogP contribution in [0.2, 0.25) is 0 Å². The Labute approximate surface area is 125 Å². The molecule has 0 saturated carbocycles. The number of benzene rings is 1. The zero-order valence-electron chi connectivity index (χ0n) is 13.0. The molecule has 21 heavy (non-hydrogen) atoms. The molecule has 0 saturated heterocycles. The Morgan fingerprint density at radius 3 is 2.19 bits per heavy atom. The summed E-state index contributed by atoms with van der Waals surface area (Å²) in [7, 11) is 0. The lowest BCUT2D eigenvalue weighted by Gasteiger charge is -2.22. The quantitative estimate of drug-likeness (QED) is 0.754. The number of urea groups is 1. The smallest absolute Gasteiger partial charge is 0.326 e. The predicted octanol–water partition coefficient (Wildman–Crippen LogP) is 2.85. The number of aryl methyl sites for hydroxylation is 1. The topological polar surface area (TPSA) is 78.4 Å². The van der Waals surface area contributed by atoms with Crippen LogP contribution >= 0.6 is 0 Å². The molecule has 0 aliphatic carbocycles. The van der Waals surface area contributed by atoms with Crippen molar-refractivity contribution < 1.29 is 14.7 Å². The zero-order chi connectivity index (χ0) is 16.0. The molecule has 2 unspecified atom stereocenters. The van der Waals surface area contributed by atoms with E-state index in [2.05, 4.69) is 10.6 Å². The average molecular weight is 292 g/mol. The SMILES string of the molecule is CCC(C)[C@H](NC(=O)NC(C)c1ccc(C)cc1)C(=O)O. The van der Waals surface area contributed by atoms with Crippen LogP contribution in [0.5, 0.6) is 0 Å². The van der Waals surface area contributed by atoms with Gasteiger partial charge in [-0.15, -0.1) is 0 Å². The van der Waals surface area contributed by atoms with Gasteiger partial charge in [-0.25, -0.2) is 9.59 Å². The number of carbonyl (C=O) groups excluding carboxylic acids is 1. The highest BCUT2D eigenvalue weighted by Crippen LogP contribution is 2.13. The van der Waals surface area contributed by atoms with Crippen molar-refractivity contribution in [2.75, 3.05) is 0 Å². The summed E-state index contributed by atoms with van der Waals surface area (Å²) in [5.74, 6) is -1.13. The van der Waals surface area contributed by atoms with E-state index in [0.717, 1.165) is 11.1 Å². The molecule has 1 aromatic carbocycles. The molecule has 0 radical (unpaired) electrons. The minimum atomic E-state index is -1.01. The number of amides is 2. The molecule has 0 spiro atoms. The number of hydrogen-bond donors (Lipinski definition) is 3. The predicted molar refractivity (Wildman–Crippen MR) is 82.1 cm³/mol. The molecule has 0 bridgehead atoms. The first-order valence-corrected chi connectivity index (χ1v) is 7.21. The third kappa shape index (κ3) is 5.10. The number of aliphatic carboxylic acids is 1. The van der Waals surface area contributed by atoms with Gasteiger partial charge in [-0.05, 0) is 25.3 Å². The molecular weight excluding hydrogens is 268 g/mol. The van der Waals surface area contributed by atoms with Crippen molar-refractivity contribution in [3.8, 4) is 0 Å². The first kappa shape index (κ1) is 17.0. The van der Waals surface area contributed by atoms with Crippen molar-refractivity contribution in [3.05, 3.63) is 35.4 Å². The van der Waals surface area contributed by atoms with Crippen molar-refractivity contribution in [1.29, 1.82) is 0 Å². The summed E-state index contributed by atoms with van der Waals surface area (Å²) in [6.07, 6.45) is 0.685. The first-order chi connectivity index (χ1) is 9.85. The number of hydrogen-bond acceptors (Lipinski definition) is 2. The van der Waals surface area contributed by atoms with Gasteiger partial charge >= 0.3 is 12.0 Å². The minimum Gasteiger partial charge on any atom is -0.480 e. The van der Waals surface area contributed by atoms with Crippen LogP contribution in [0.3, 0.4) is 0 Å². The van der Waals surface area contributed by atoms with Crippen LogP contribution in [-0.2, 0) is 4.79 Å². The Kier molecular flexibility index (Phi) is 6.21. The molecule has 0 fully saturated rings. The van der Waals surface area contributed by atoms with Crippen molar-refractivity contribution in [2.45, 2.75) is 46.2 Å². The Bertz CT molecular complexity index is 485. The fraction of sp³-hybridized carbons (Fsp3) is 0.500. The number of rotatable bonds is 6. The summed E-state index contributed by atoms with van der Waals surface area (Å²) in [5.41, 5.74) is 2.13. The molecule has 2 amide bonds. The number of carboxylic acids is 1. The molecule has 0 aromatic heterocycles. The normalized spacial score (nSPS) is 14.9. The van der Waals surface area contributed by atoms with E-state index in [0.29, 0.717) is 6.42 Å². The summed E-state index contributed by atoms with van der Waals surface area (Å²) in [6.45, 7) is 7.57. The summed E-state index contributed by atoms with van der Waals surface area (Å²) in [5, 5.41) is 14.5. The van der Waals surface area contributed by atoms with Crippen LogP contribution in [0, 0.1) is 12.8 Å². The van der Waals surface area contributed by atoms with Gasteiger partial charge in [0.2, 0.25) is 0 Å². The van der Waals surface area contributed by atoms with Gasteiger partial charge in [0.1, 0.15) is 6.04 Å². The number of nitrogens with one attached hydrogen (secondary N) is 2. The number of carbonyl (C=O) groups is 2. The molecule has 0 heterocycles. The Hall–Kier alpha value is -2.04. The standard InChI is InChI=1S/C16H24N2O3/c1-5-11(3)14(15(19)20)18-16(21)17-12(4)13-8-6-10(2)7-9-13/h6-9,11-12,14H,5H2,1-4H3,(H,19,20)(H2,17,18,21)/t11?,12?,14-/m0/s1. The van der Waals surface area contributed by atoms with E-state index in [-0.39, 0.29) is 12.0 Å². The maximum absolute atomic E-state index is 11.9. The summed E-state index contributed by atoms with van der Waals surface area (Å²) >= 11 is 0. The molecule has 5 nitrogen and oxygen atoms in total. The fourth-order valence-electron chi connectivity index (χ4n) is 2.00. The highest BCUT2D eigenvalue weighted by molar-refractivity contribution is 5.82. The van der Waals surface area contributed by atoms with E-state index < -0.39 is 18.0 Å². The summed E-state index contributed by atoms with van der Waals surface area (Å²) in [6, 6.07) is 6.33. The monoisotopic (exact) mass is 292 g/mol. The Morgan fingerprint density at radius 2 is 1.71 bits per heavy atom. The summed E-state index contributed by atoms with van der Waals surface area (Å²) < 4.78 is 0. The van der Waals surface area contributed by atoms with E-state index in [4.69, 9.17) is 5.11 Å². The molecule has 0 aliphatic rings. The number of carboxylic acid groups (broad SMARTS) is 1. The third-order valence-corrected chi connectivity index (χ3v) is 3.69. The van der Waals surface area contributed by atoms with Crippen molar-refractivity contribution in [2.24, 2.45) is 5.92 Å². The zero-order valence-corrected chi connectivity index (χ0v) is 13.0. The van der Waals surface area contributed by atoms with Gasteiger partial charge in [0, 0.05) is 0 Å². The molecule has 5 heteroatoms. The van der Waals surface area contributed by atoms with Gasteiger partial charge in [0.25, 0.3) is 0 Å². The lowest BCUT2D eigenvalue weighted by atomic mass is 9.99. The van der Waals surface area contributed by atoms with Gasteiger partial charge in [-0.2, -0.15) is 0 Å². The van der Waals surface area contributed by atoms with Gasteiger partial charge in [-0.3, -0.25) is 0 Å². The Balaban J connectivity index is 2.63. The fourth-order valence-corrected chi connectivity index (χ4v) is 2.00. The minimum absolute atomic E-state index is 0.122. The van der Waals surface area contributed by atoms with Crippen molar-refractivity contribution in [1.82, 2.24) is 10.6 Å². The molecule has 3 atom stereocenters. The molecule has 1 rings (SSSR count). The van der Waals surface area contributed by atoms with Crippen LogP contribution in [-0.4, -0.2) is 23.1 Å². The van der Waals surface area contributed by atoms with E-state index in [9.17, 15) is 9.59 Å². The van der Waals surface area contributed by atoms with Gasteiger partial charge < -0.3 is 15.7 Å².